The van der Waals surface area contributed by atoms with E-state index in [-0.39, 0.29) is 23.5 Å². The molecule has 4 nitrogen and oxygen atoms in total. The molecule has 0 saturated carbocycles. The number of nitrogens with zero attached hydrogens (tertiary/aromatic N) is 2. The Morgan fingerprint density at radius 1 is 1.03 bits per heavy atom. The van der Waals surface area contributed by atoms with Gasteiger partial charge in [0, 0.05) is 35.4 Å². The molecular formula is C28H36N2O2. The van der Waals surface area contributed by atoms with Crippen LogP contribution in [0.25, 0.3) is 10.9 Å². The number of carbonyl (C=O) groups is 1. The number of hydrogen-bond donors (Lipinski definition) is 1. The van der Waals surface area contributed by atoms with E-state index in [9.17, 15) is 9.90 Å². The van der Waals surface area contributed by atoms with Crippen molar-refractivity contribution in [3.05, 3.63) is 71.4 Å². The highest BCUT2D eigenvalue weighted by atomic mass is 16.3. The Balaban J connectivity index is 2.09. The number of aliphatic hydroxyl groups is 1. The van der Waals surface area contributed by atoms with Crippen molar-refractivity contribution >= 4 is 16.7 Å². The van der Waals surface area contributed by atoms with Crippen LogP contribution in [0.3, 0.4) is 0 Å². The molecule has 0 bridgehead atoms. The number of aromatic nitrogens is 1. The van der Waals surface area contributed by atoms with E-state index in [1.165, 1.54) is 10.9 Å². The molecule has 0 spiro atoms. The maximum atomic E-state index is 13.7. The Kier molecular flexibility index (Phi) is 6.04. The van der Waals surface area contributed by atoms with Gasteiger partial charge in [0.15, 0.2) is 5.72 Å². The maximum Gasteiger partial charge on any atom is 0.154 e. The molecule has 3 atom stereocenters. The van der Waals surface area contributed by atoms with Crippen LogP contribution in [0.4, 0.5) is 0 Å². The highest BCUT2D eigenvalue weighted by Crippen LogP contribution is 2.56. The molecule has 3 aromatic rings. The second-order valence-electron chi connectivity index (χ2n) is 10.1. The Morgan fingerprint density at radius 3 is 2.25 bits per heavy atom. The van der Waals surface area contributed by atoms with Gasteiger partial charge in [0.2, 0.25) is 0 Å². The van der Waals surface area contributed by atoms with Crippen molar-refractivity contribution in [3.63, 3.8) is 0 Å². The van der Waals surface area contributed by atoms with Crippen LogP contribution < -0.4 is 0 Å². The van der Waals surface area contributed by atoms with Crippen LogP contribution in [0.5, 0.6) is 0 Å². The molecule has 0 radical (unpaired) electrons. The molecule has 32 heavy (non-hydrogen) atoms. The van der Waals surface area contributed by atoms with E-state index in [0.29, 0.717) is 0 Å². The average molecular weight is 433 g/mol. The van der Waals surface area contributed by atoms with Crippen LogP contribution in [0.1, 0.15) is 50.4 Å². The highest BCUT2D eigenvalue weighted by Gasteiger charge is 2.58. The summed E-state index contributed by atoms with van der Waals surface area (Å²) in [4.78, 5) is 15.9. The Labute approximate surface area is 191 Å². The first-order valence-electron chi connectivity index (χ1n) is 11.8. The normalized spacial score (nSPS) is 22.9. The first-order chi connectivity index (χ1) is 15.2. The van der Waals surface area contributed by atoms with Crippen LogP contribution >= 0.6 is 0 Å². The van der Waals surface area contributed by atoms with Crippen molar-refractivity contribution in [1.29, 1.82) is 0 Å². The molecule has 1 N–H and O–H groups in total. The predicted molar refractivity (Wildman–Crippen MR) is 131 cm³/mol. The monoisotopic (exact) mass is 432 g/mol. The third-order valence-corrected chi connectivity index (χ3v) is 7.16. The van der Waals surface area contributed by atoms with Crippen molar-refractivity contribution in [2.24, 2.45) is 17.8 Å². The molecule has 1 aromatic heterocycles. The minimum atomic E-state index is -1.28. The SMILES string of the molecule is CC(C)C(=O)C1C(c2ccccc2)c2c(CCN(C)C)c3ccccc3n2C1(O)C(C)C. The molecule has 4 heteroatoms. The van der Waals surface area contributed by atoms with Gasteiger partial charge in [-0.2, -0.15) is 0 Å². The third-order valence-electron chi connectivity index (χ3n) is 7.16. The van der Waals surface area contributed by atoms with Crippen LogP contribution in [0, 0.1) is 17.8 Å². The van der Waals surface area contributed by atoms with Crippen LogP contribution in [-0.2, 0) is 16.9 Å². The van der Waals surface area contributed by atoms with Gasteiger partial charge in [0.1, 0.15) is 5.78 Å². The third kappa shape index (κ3) is 3.41. The number of ketones is 1. The zero-order valence-electron chi connectivity index (χ0n) is 20.2. The largest absolute Gasteiger partial charge is 0.369 e. The number of hydrogen-bond acceptors (Lipinski definition) is 3. The van der Waals surface area contributed by atoms with E-state index in [1.807, 2.05) is 52.0 Å². The minimum absolute atomic E-state index is 0.125. The lowest BCUT2D eigenvalue weighted by Crippen LogP contribution is -2.47. The number of rotatable bonds is 7. The molecule has 0 aliphatic carbocycles. The predicted octanol–water partition coefficient (Wildman–Crippen LogP) is 5.03. The summed E-state index contributed by atoms with van der Waals surface area (Å²) < 4.78 is 2.13. The van der Waals surface area contributed by atoms with Gasteiger partial charge in [-0.3, -0.25) is 4.79 Å². The zero-order chi connectivity index (χ0) is 23.2. The molecular weight excluding hydrogens is 396 g/mol. The number of para-hydroxylation sites is 1. The van der Waals surface area contributed by atoms with E-state index in [2.05, 4.69) is 53.9 Å². The minimum Gasteiger partial charge on any atom is -0.369 e. The zero-order valence-corrected chi connectivity index (χ0v) is 20.2. The van der Waals surface area contributed by atoms with E-state index >= 15 is 0 Å². The molecule has 3 unspecified atom stereocenters. The molecule has 2 aromatic carbocycles. The number of fused-ring (bicyclic) bond motifs is 3. The summed E-state index contributed by atoms with van der Waals surface area (Å²) in [6.45, 7) is 8.87. The van der Waals surface area contributed by atoms with Crippen LogP contribution in [0.2, 0.25) is 0 Å². The van der Waals surface area contributed by atoms with Crippen molar-refractivity contribution in [1.82, 2.24) is 9.47 Å². The van der Waals surface area contributed by atoms with Gasteiger partial charge in [-0.25, -0.2) is 0 Å². The standard InChI is InChI=1S/C28H36N2O2/c1-18(2)27(31)25-24(20-12-8-7-9-13-20)26-22(16-17-29(5)6)21-14-10-11-15-23(21)30(26)28(25,32)19(3)4/h7-15,18-19,24-25,32H,16-17H2,1-6H3. The Bertz CT molecular complexity index is 1110. The second kappa shape index (κ2) is 8.49. The fraction of sp³-hybridized carbons (Fsp3) is 0.464. The van der Waals surface area contributed by atoms with Gasteiger partial charge in [-0.05, 0) is 37.7 Å². The molecule has 0 fully saturated rings. The molecule has 0 amide bonds. The molecule has 2 heterocycles. The number of Topliss-reactive ketones (excluding diaryl/α,β-unsaturated/α-hetero) is 1. The first-order valence-corrected chi connectivity index (χ1v) is 11.8. The first kappa shape index (κ1) is 22.8. The molecule has 4 rings (SSSR count). The number of carbonyl (C=O) groups excluding carboxylic acids is 1. The summed E-state index contributed by atoms with van der Waals surface area (Å²) in [5.41, 5.74) is 3.19. The molecule has 1 aliphatic rings. The Hall–Kier alpha value is -2.43. The van der Waals surface area contributed by atoms with E-state index in [4.69, 9.17) is 0 Å². The fourth-order valence-corrected chi connectivity index (χ4v) is 5.54. The summed E-state index contributed by atoms with van der Waals surface area (Å²) in [5.74, 6) is -0.857. The van der Waals surface area contributed by atoms with E-state index < -0.39 is 11.6 Å². The van der Waals surface area contributed by atoms with Crippen molar-refractivity contribution < 1.29 is 9.90 Å². The maximum absolute atomic E-state index is 13.7. The van der Waals surface area contributed by atoms with Gasteiger partial charge < -0.3 is 14.6 Å². The molecule has 1 aliphatic heterocycles. The van der Waals surface area contributed by atoms with E-state index in [0.717, 1.165) is 29.7 Å². The van der Waals surface area contributed by atoms with Gasteiger partial charge in [0.25, 0.3) is 0 Å². The van der Waals surface area contributed by atoms with Gasteiger partial charge >= 0.3 is 0 Å². The summed E-state index contributed by atoms with van der Waals surface area (Å²) in [6, 6.07) is 18.6. The lowest BCUT2D eigenvalue weighted by Gasteiger charge is -2.38. The second-order valence-corrected chi connectivity index (χ2v) is 10.1. The fourth-order valence-electron chi connectivity index (χ4n) is 5.54. The lowest BCUT2D eigenvalue weighted by atomic mass is 9.72. The molecule has 170 valence electrons. The van der Waals surface area contributed by atoms with Gasteiger partial charge in [-0.1, -0.05) is 76.2 Å². The lowest BCUT2D eigenvalue weighted by molar-refractivity contribution is -0.152. The van der Waals surface area contributed by atoms with E-state index in [1.54, 1.807) is 0 Å². The smallest absolute Gasteiger partial charge is 0.154 e. The van der Waals surface area contributed by atoms with Crippen LogP contribution in [-0.4, -0.2) is 41.0 Å². The van der Waals surface area contributed by atoms with Crippen molar-refractivity contribution in [3.8, 4) is 0 Å². The topological polar surface area (TPSA) is 45.5 Å². The Morgan fingerprint density at radius 2 is 1.66 bits per heavy atom. The van der Waals surface area contributed by atoms with Crippen molar-refractivity contribution in [2.75, 3.05) is 20.6 Å². The van der Waals surface area contributed by atoms with Gasteiger partial charge in [-0.15, -0.1) is 0 Å². The highest BCUT2D eigenvalue weighted by molar-refractivity contribution is 5.91. The summed E-state index contributed by atoms with van der Waals surface area (Å²) in [7, 11) is 4.17. The summed E-state index contributed by atoms with van der Waals surface area (Å²) in [6.07, 6.45) is 0.871. The van der Waals surface area contributed by atoms with Crippen LogP contribution in [0.15, 0.2) is 54.6 Å². The van der Waals surface area contributed by atoms with Gasteiger partial charge in [0.05, 0.1) is 11.4 Å². The quantitative estimate of drug-likeness (QED) is 0.569. The number of benzene rings is 2. The molecule has 0 saturated heterocycles. The summed E-state index contributed by atoms with van der Waals surface area (Å²) >= 11 is 0. The average Bonchev–Trinajstić information content (AvgIpc) is 3.23. The summed E-state index contributed by atoms with van der Waals surface area (Å²) in [5, 5.41) is 13.6. The van der Waals surface area contributed by atoms with Crippen molar-refractivity contribution in [2.45, 2.75) is 45.8 Å². The number of likely N-dealkylation sites (N-methyl/N-ethyl adjacent to an activating group) is 1.